The molecule has 2 aromatic carbocycles. The SMILES string of the molecule is CC(C)(C)OC(=O)NC(CSC1=C(/C=C/C2=[N+](CCCCS(=O)(=O)O)c3ccccc3C2(C)C)CC/C1=C\C=C1\N(CCCCS(=O)(=O)O)c2ccccc2C1(C)C)C(=O)[O-]. The van der Waals surface area contributed by atoms with Crippen LogP contribution in [0.2, 0.25) is 0 Å². The largest absolute Gasteiger partial charge is 0.548 e. The second-order valence-corrected chi connectivity index (χ2v) is 21.9. The Kier molecular flexibility index (Phi) is 14.9. The predicted molar refractivity (Wildman–Crippen MR) is 240 cm³/mol. The molecule has 0 saturated heterocycles. The average Bonchev–Trinajstić information content (AvgIpc) is 3.71. The van der Waals surface area contributed by atoms with Gasteiger partial charge in [-0.3, -0.25) is 9.11 Å². The first kappa shape index (κ1) is 47.8. The van der Waals surface area contributed by atoms with Crippen LogP contribution >= 0.6 is 11.8 Å². The van der Waals surface area contributed by atoms with E-state index in [1.54, 1.807) is 20.8 Å². The number of hydrogen-bond donors (Lipinski definition) is 3. The molecule has 3 N–H and O–H groups in total. The van der Waals surface area contributed by atoms with Gasteiger partial charge in [0.15, 0.2) is 5.71 Å². The molecule has 0 aromatic heterocycles. The Bertz CT molecular complexity index is 2390. The summed E-state index contributed by atoms with van der Waals surface area (Å²) in [7, 11) is -8.17. The first-order valence-corrected chi connectivity index (χ1v) is 24.8. The highest BCUT2D eigenvalue weighted by Gasteiger charge is 2.44. The van der Waals surface area contributed by atoms with Gasteiger partial charge < -0.3 is 24.9 Å². The molecule has 2 aliphatic heterocycles. The summed E-state index contributed by atoms with van der Waals surface area (Å²) in [4.78, 5) is 28.1. The Morgan fingerprint density at radius 2 is 1.51 bits per heavy atom. The first-order valence-electron chi connectivity index (χ1n) is 20.6. The second-order valence-electron chi connectivity index (χ2n) is 17.7. The maximum Gasteiger partial charge on any atom is 0.408 e. The fourth-order valence-corrected chi connectivity index (χ4v) is 10.6. The number of thioether (sulfide) groups is 1. The summed E-state index contributed by atoms with van der Waals surface area (Å²) in [5, 5.41) is 14.8. The molecule has 0 spiro atoms. The number of hydrogen-bond acceptors (Lipinski definition) is 10. The van der Waals surface area contributed by atoms with E-state index in [0.29, 0.717) is 51.6 Å². The number of nitrogens with one attached hydrogen (secondary N) is 1. The van der Waals surface area contributed by atoms with Crippen LogP contribution in [0, 0.1) is 0 Å². The number of carbonyl (C=O) groups is 2. The summed E-state index contributed by atoms with van der Waals surface area (Å²) in [5.74, 6) is -2.12. The number of carbonyl (C=O) groups excluding carboxylic acids is 2. The van der Waals surface area contributed by atoms with Crippen molar-refractivity contribution in [1.29, 1.82) is 0 Å². The molecular formula is C45H59N3O10S3. The standard InChI is InChI=1S/C45H59N3O10S3/c1-43(2,3)58-42(51)46-35(41(49)50)30-59-40-31(22-24-38-44(4,5)33-16-8-10-18-36(33)47(38)26-12-14-28-60(52,53)54)20-21-32(40)23-25-39-45(6,7)34-17-9-11-19-37(34)48(39)27-13-15-29-61(55,56)57/h8-11,16-19,22-25,35H,12-15,20-21,26-30H2,1-7H3,(H3-,46,49,50,51,52,53,54,55,56,57). The van der Waals surface area contributed by atoms with E-state index in [0.717, 1.165) is 50.0 Å². The Balaban J connectivity index is 1.55. The molecule has 1 amide bonds. The van der Waals surface area contributed by atoms with E-state index < -0.39 is 54.8 Å². The number of aliphatic carboxylic acids is 1. The number of amides is 1. The van der Waals surface area contributed by atoms with Gasteiger partial charge in [0, 0.05) is 58.1 Å². The Morgan fingerprint density at radius 3 is 2.15 bits per heavy atom. The summed E-state index contributed by atoms with van der Waals surface area (Å²) in [6, 6.07) is 14.8. The number of fused-ring (bicyclic) bond motifs is 2. The zero-order valence-corrected chi connectivity index (χ0v) is 38.5. The topological polar surface area (TPSA) is 193 Å². The molecule has 61 heavy (non-hydrogen) atoms. The van der Waals surface area contributed by atoms with Gasteiger partial charge in [-0.05, 0) is 95.6 Å². The molecule has 13 nitrogen and oxygen atoms in total. The average molecular weight is 898 g/mol. The van der Waals surface area contributed by atoms with E-state index in [1.165, 1.54) is 11.8 Å². The summed E-state index contributed by atoms with van der Waals surface area (Å²) >= 11 is 1.32. The highest BCUT2D eigenvalue weighted by molar-refractivity contribution is 8.03. The van der Waals surface area contributed by atoms with E-state index in [2.05, 4.69) is 78.9 Å². The monoisotopic (exact) mass is 897 g/mol. The summed E-state index contributed by atoms with van der Waals surface area (Å²) < 4.78 is 72.1. The van der Waals surface area contributed by atoms with E-state index in [9.17, 15) is 40.6 Å². The molecule has 2 heterocycles. The molecule has 3 aliphatic rings. The van der Waals surface area contributed by atoms with Crippen LogP contribution in [-0.4, -0.2) is 90.3 Å². The number of nitrogens with zero attached hydrogens (tertiary/aromatic N) is 2. The van der Waals surface area contributed by atoms with Crippen molar-refractivity contribution >= 4 is 61.1 Å². The van der Waals surface area contributed by atoms with Crippen LogP contribution in [0.1, 0.15) is 98.1 Å². The first-order chi connectivity index (χ1) is 28.4. The van der Waals surface area contributed by atoms with E-state index in [-0.39, 0.29) is 17.3 Å². The van der Waals surface area contributed by atoms with Gasteiger partial charge in [-0.2, -0.15) is 21.4 Å². The number of alkyl carbamates (subject to hydrolysis) is 1. The second kappa shape index (κ2) is 19.0. The zero-order chi connectivity index (χ0) is 45.0. The minimum Gasteiger partial charge on any atom is -0.548 e. The van der Waals surface area contributed by atoms with Gasteiger partial charge in [0.1, 0.15) is 12.1 Å². The fraction of sp³-hybridized carbons (Fsp3) is 0.489. The minimum atomic E-state index is -4.08. The molecule has 0 fully saturated rings. The Morgan fingerprint density at radius 1 is 0.885 bits per heavy atom. The van der Waals surface area contributed by atoms with Crippen molar-refractivity contribution in [2.75, 3.05) is 35.2 Å². The van der Waals surface area contributed by atoms with Crippen LogP contribution in [0.4, 0.5) is 16.2 Å². The van der Waals surface area contributed by atoms with Gasteiger partial charge in [-0.15, -0.1) is 11.8 Å². The van der Waals surface area contributed by atoms with Gasteiger partial charge in [0.25, 0.3) is 20.2 Å². The number of unbranched alkanes of at least 4 members (excludes halogenated alkanes) is 2. The van der Waals surface area contributed by atoms with Crippen molar-refractivity contribution in [3.05, 3.63) is 106 Å². The lowest BCUT2D eigenvalue weighted by Gasteiger charge is -2.27. The van der Waals surface area contributed by atoms with Crippen LogP contribution in [0.5, 0.6) is 0 Å². The van der Waals surface area contributed by atoms with Crippen molar-refractivity contribution in [1.82, 2.24) is 5.32 Å². The molecule has 16 heteroatoms. The van der Waals surface area contributed by atoms with Crippen molar-refractivity contribution in [3.63, 3.8) is 0 Å². The molecule has 2 aromatic rings. The van der Waals surface area contributed by atoms with Crippen LogP contribution in [0.3, 0.4) is 0 Å². The number of carboxylic acid groups (broad SMARTS) is 1. The molecule has 0 bridgehead atoms. The van der Waals surface area contributed by atoms with Gasteiger partial charge in [-0.1, -0.05) is 62.4 Å². The van der Waals surface area contributed by atoms with Crippen molar-refractivity contribution < 1.29 is 49.9 Å². The third-order valence-electron chi connectivity index (χ3n) is 11.2. The molecule has 0 saturated carbocycles. The lowest BCUT2D eigenvalue weighted by atomic mass is 9.81. The third-order valence-corrected chi connectivity index (χ3v) is 14.1. The molecule has 332 valence electrons. The molecule has 5 rings (SSSR count). The lowest BCUT2D eigenvalue weighted by molar-refractivity contribution is -0.438. The van der Waals surface area contributed by atoms with E-state index in [4.69, 9.17) is 4.74 Å². The zero-order valence-electron chi connectivity index (χ0n) is 36.1. The number of ether oxygens (including phenoxy) is 1. The maximum absolute atomic E-state index is 12.7. The van der Waals surface area contributed by atoms with Gasteiger partial charge >= 0.3 is 6.09 Å². The summed E-state index contributed by atoms with van der Waals surface area (Å²) in [6.45, 7) is 14.7. The predicted octanol–water partition coefficient (Wildman–Crippen LogP) is 6.99. The van der Waals surface area contributed by atoms with E-state index in [1.807, 2.05) is 36.4 Å². The number of benzene rings is 2. The normalized spacial score (nSPS) is 19.3. The van der Waals surface area contributed by atoms with Crippen LogP contribution in [0.25, 0.3) is 0 Å². The number of allylic oxidation sites excluding steroid dienone is 7. The highest BCUT2D eigenvalue weighted by atomic mass is 32.2. The van der Waals surface area contributed by atoms with Gasteiger partial charge in [-0.25, -0.2) is 4.79 Å². The van der Waals surface area contributed by atoms with Crippen LogP contribution in [-0.2, 0) is 40.6 Å². The fourth-order valence-electron chi connectivity index (χ4n) is 8.22. The van der Waals surface area contributed by atoms with Gasteiger partial charge in [0.2, 0.25) is 5.69 Å². The quantitative estimate of drug-likeness (QED) is 0.0791. The number of rotatable bonds is 18. The van der Waals surface area contributed by atoms with Crippen LogP contribution < -0.4 is 15.3 Å². The number of carboxylic acids is 1. The highest BCUT2D eigenvalue weighted by Crippen LogP contribution is 2.48. The lowest BCUT2D eigenvalue weighted by Crippen LogP contribution is -2.50. The molecule has 0 radical (unpaired) electrons. The molecule has 1 unspecified atom stereocenters. The van der Waals surface area contributed by atoms with Crippen molar-refractivity contribution in [2.24, 2.45) is 0 Å². The smallest absolute Gasteiger partial charge is 0.408 e. The molecule has 1 atom stereocenters. The Hall–Kier alpha value is -4.22. The molecular weight excluding hydrogens is 839 g/mol. The number of para-hydroxylation sites is 2. The third kappa shape index (κ3) is 12.2. The van der Waals surface area contributed by atoms with Gasteiger partial charge in [0.05, 0.1) is 28.9 Å². The number of anilines is 1. The summed E-state index contributed by atoms with van der Waals surface area (Å²) in [6.07, 6.45) is 10.4. The minimum absolute atomic E-state index is 0.0353. The maximum atomic E-state index is 12.7. The Labute approximate surface area is 365 Å². The molecule has 1 aliphatic carbocycles. The van der Waals surface area contributed by atoms with Crippen molar-refractivity contribution in [2.45, 2.75) is 109 Å². The summed E-state index contributed by atoms with van der Waals surface area (Å²) in [5.41, 5.74) is 6.61. The van der Waals surface area contributed by atoms with Crippen molar-refractivity contribution in [3.8, 4) is 0 Å². The van der Waals surface area contributed by atoms with Crippen LogP contribution in [0.15, 0.2) is 94.6 Å². The van der Waals surface area contributed by atoms with E-state index >= 15 is 0 Å².